The Kier molecular flexibility index (Phi) is 3.32. The number of thiophene rings is 1. The van der Waals surface area contributed by atoms with Crippen molar-refractivity contribution in [3.63, 3.8) is 0 Å². The van der Waals surface area contributed by atoms with Gasteiger partial charge in [0, 0.05) is 23.1 Å². The molecule has 0 bridgehead atoms. The first kappa shape index (κ1) is 13.1. The average Bonchev–Trinajstić information content (AvgIpc) is 3.22. The second-order valence-corrected chi connectivity index (χ2v) is 6.85. The molecule has 0 saturated carbocycles. The molecule has 1 aliphatic rings. The zero-order valence-electron chi connectivity index (χ0n) is 12.3. The van der Waals surface area contributed by atoms with Gasteiger partial charge in [0.25, 0.3) is 0 Å². The highest BCUT2D eigenvalue weighted by Crippen LogP contribution is 2.29. The van der Waals surface area contributed by atoms with Gasteiger partial charge in [-0.1, -0.05) is 6.07 Å². The van der Waals surface area contributed by atoms with Crippen LogP contribution in [0.5, 0.6) is 0 Å². The van der Waals surface area contributed by atoms with E-state index in [1.165, 1.54) is 47.0 Å². The highest BCUT2D eigenvalue weighted by molar-refractivity contribution is 7.08. The van der Waals surface area contributed by atoms with Gasteiger partial charge in [-0.25, -0.2) is 0 Å². The average molecular weight is 296 g/mol. The summed E-state index contributed by atoms with van der Waals surface area (Å²) in [6.07, 6.45) is 6.02. The van der Waals surface area contributed by atoms with E-state index < -0.39 is 0 Å². The summed E-state index contributed by atoms with van der Waals surface area (Å²) in [5.74, 6) is 0. The van der Waals surface area contributed by atoms with Gasteiger partial charge < -0.3 is 9.88 Å². The molecule has 0 spiro atoms. The number of hydrogen-bond acceptors (Lipinski definition) is 2. The van der Waals surface area contributed by atoms with Crippen LogP contribution < -0.4 is 0 Å². The molecule has 0 radical (unpaired) electrons. The molecule has 1 aliphatic heterocycles. The summed E-state index contributed by atoms with van der Waals surface area (Å²) in [6, 6.07) is 9.67. The number of aromatic amines is 1. The number of aromatic nitrogens is 1. The van der Waals surface area contributed by atoms with E-state index >= 15 is 0 Å². The summed E-state index contributed by atoms with van der Waals surface area (Å²) in [5, 5.41) is 5.75. The zero-order chi connectivity index (χ0) is 14.2. The maximum atomic E-state index is 3.43. The molecule has 1 N–H and O–H groups in total. The Morgan fingerprint density at radius 3 is 3.00 bits per heavy atom. The fraction of sp³-hybridized carbons (Fsp3) is 0.333. The molecule has 0 amide bonds. The highest BCUT2D eigenvalue weighted by atomic mass is 32.1. The van der Waals surface area contributed by atoms with Crippen molar-refractivity contribution in [1.82, 2.24) is 9.88 Å². The van der Waals surface area contributed by atoms with Crippen LogP contribution in [0.15, 0.2) is 41.2 Å². The second-order valence-electron chi connectivity index (χ2n) is 6.07. The van der Waals surface area contributed by atoms with Gasteiger partial charge in [-0.3, -0.25) is 0 Å². The Labute approximate surface area is 129 Å². The summed E-state index contributed by atoms with van der Waals surface area (Å²) in [4.78, 5) is 5.94. The summed E-state index contributed by atoms with van der Waals surface area (Å²) < 4.78 is 0. The number of hydrogen-bond donors (Lipinski definition) is 1. The van der Waals surface area contributed by atoms with Gasteiger partial charge in [0.05, 0.1) is 0 Å². The monoisotopic (exact) mass is 296 g/mol. The molecule has 3 aromatic rings. The second kappa shape index (κ2) is 5.32. The molecule has 1 fully saturated rings. The van der Waals surface area contributed by atoms with Crippen molar-refractivity contribution in [3.8, 4) is 11.1 Å². The van der Waals surface area contributed by atoms with E-state index in [-0.39, 0.29) is 0 Å². The quantitative estimate of drug-likeness (QED) is 0.752. The van der Waals surface area contributed by atoms with Crippen LogP contribution >= 0.6 is 11.3 Å². The van der Waals surface area contributed by atoms with Crippen molar-refractivity contribution >= 4 is 22.2 Å². The largest absolute Gasteiger partial charge is 0.361 e. The van der Waals surface area contributed by atoms with Crippen LogP contribution in [0, 0.1) is 0 Å². The first-order valence-corrected chi connectivity index (χ1v) is 8.58. The van der Waals surface area contributed by atoms with Crippen LogP contribution in [0.4, 0.5) is 0 Å². The van der Waals surface area contributed by atoms with Crippen LogP contribution in [0.2, 0.25) is 0 Å². The molecule has 108 valence electrons. The standard InChI is InChI=1S/C18H20N2S/c1-20-7-2-3-16(20)9-15-11-19-18-5-4-13(10-17(15)18)14-6-8-21-12-14/h4-6,8,10-12,16,19H,2-3,7,9H2,1H3/t16-/m1/s1. The first-order chi connectivity index (χ1) is 10.3. The number of rotatable bonds is 3. The van der Waals surface area contributed by atoms with Crippen LogP contribution in [0.1, 0.15) is 18.4 Å². The van der Waals surface area contributed by atoms with E-state index in [0.717, 1.165) is 6.42 Å². The predicted octanol–water partition coefficient (Wildman–Crippen LogP) is 4.53. The SMILES string of the molecule is CN1CCC[C@@H]1Cc1c[nH]c2ccc(-c3ccsc3)cc12. The lowest BCUT2D eigenvalue weighted by Gasteiger charge is -2.18. The Balaban J connectivity index is 1.70. The van der Waals surface area contributed by atoms with Crippen LogP contribution in [0.25, 0.3) is 22.0 Å². The molecule has 1 saturated heterocycles. The van der Waals surface area contributed by atoms with E-state index in [4.69, 9.17) is 0 Å². The molecule has 3 heterocycles. The molecule has 3 heteroatoms. The summed E-state index contributed by atoms with van der Waals surface area (Å²) in [7, 11) is 2.25. The van der Waals surface area contributed by atoms with Crippen LogP contribution in [-0.4, -0.2) is 29.5 Å². The van der Waals surface area contributed by atoms with Crippen molar-refractivity contribution in [2.75, 3.05) is 13.6 Å². The van der Waals surface area contributed by atoms with Gasteiger partial charge in [-0.15, -0.1) is 0 Å². The van der Waals surface area contributed by atoms with Gasteiger partial charge in [0.1, 0.15) is 0 Å². The van der Waals surface area contributed by atoms with Gasteiger partial charge >= 0.3 is 0 Å². The molecule has 1 aromatic carbocycles. The zero-order valence-corrected chi connectivity index (χ0v) is 13.1. The fourth-order valence-corrected chi connectivity index (χ4v) is 4.11. The molecule has 2 aromatic heterocycles. The topological polar surface area (TPSA) is 19.0 Å². The maximum Gasteiger partial charge on any atom is 0.0457 e. The van der Waals surface area contributed by atoms with E-state index in [2.05, 4.69) is 58.2 Å². The van der Waals surface area contributed by atoms with E-state index in [0.29, 0.717) is 6.04 Å². The number of benzene rings is 1. The van der Waals surface area contributed by atoms with Crippen molar-refractivity contribution < 1.29 is 0 Å². The number of fused-ring (bicyclic) bond motifs is 1. The number of nitrogens with one attached hydrogen (secondary N) is 1. The lowest BCUT2D eigenvalue weighted by molar-refractivity contribution is 0.310. The van der Waals surface area contributed by atoms with Crippen molar-refractivity contribution in [1.29, 1.82) is 0 Å². The Morgan fingerprint density at radius 2 is 2.24 bits per heavy atom. The highest BCUT2D eigenvalue weighted by Gasteiger charge is 2.22. The summed E-state index contributed by atoms with van der Waals surface area (Å²) in [6.45, 7) is 1.24. The molecule has 0 aliphatic carbocycles. The first-order valence-electron chi connectivity index (χ1n) is 7.64. The minimum atomic E-state index is 0.703. The molecule has 21 heavy (non-hydrogen) atoms. The van der Waals surface area contributed by atoms with Crippen molar-refractivity contribution in [2.45, 2.75) is 25.3 Å². The van der Waals surface area contributed by atoms with Gasteiger partial charge in [-0.05, 0) is 78.5 Å². The number of likely N-dealkylation sites (N-methyl/N-ethyl adjacent to an activating group) is 1. The van der Waals surface area contributed by atoms with Crippen LogP contribution in [0.3, 0.4) is 0 Å². The smallest absolute Gasteiger partial charge is 0.0457 e. The summed E-state index contributed by atoms with van der Waals surface area (Å²) in [5.41, 5.74) is 5.36. The lowest BCUT2D eigenvalue weighted by Crippen LogP contribution is -2.26. The Hall–Kier alpha value is -1.58. The number of nitrogens with zero attached hydrogens (tertiary/aromatic N) is 1. The maximum absolute atomic E-state index is 3.43. The van der Waals surface area contributed by atoms with Gasteiger partial charge in [-0.2, -0.15) is 11.3 Å². The van der Waals surface area contributed by atoms with Crippen molar-refractivity contribution in [3.05, 3.63) is 46.8 Å². The number of H-pyrrole nitrogens is 1. The third-order valence-corrected chi connectivity index (χ3v) is 5.43. The van der Waals surface area contributed by atoms with E-state index in [9.17, 15) is 0 Å². The molecule has 1 atom stereocenters. The van der Waals surface area contributed by atoms with E-state index in [1.807, 2.05) is 0 Å². The minimum absolute atomic E-state index is 0.703. The third kappa shape index (κ3) is 2.41. The molecule has 0 unspecified atom stereocenters. The van der Waals surface area contributed by atoms with Crippen molar-refractivity contribution in [2.24, 2.45) is 0 Å². The van der Waals surface area contributed by atoms with E-state index in [1.54, 1.807) is 11.3 Å². The Morgan fingerprint density at radius 1 is 1.29 bits per heavy atom. The van der Waals surface area contributed by atoms with Gasteiger partial charge in [0.15, 0.2) is 0 Å². The van der Waals surface area contributed by atoms with Gasteiger partial charge in [0.2, 0.25) is 0 Å². The lowest BCUT2D eigenvalue weighted by atomic mass is 10.0. The fourth-order valence-electron chi connectivity index (χ4n) is 3.45. The summed E-state index contributed by atoms with van der Waals surface area (Å²) >= 11 is 1.76. The molecule has 2 nitrogen and oxygen atoms in total. The predicted molar refractivity (Wildman–Crippen MR) is 91.0 cm³/mol. The third-order valence-electron chi connectivity index (χ3n) is 4.75. The Bertz CT molecular complexity index is 742. The molecule has 4 rings (SSSR count). The normalized spacial score (nSPS) is 19.6. The molecular weight excluding hydrogens is 276 g/mol. The minimum Gasteiger partial charge on any atom is -0.361 e. The van der Waals surface area contributed by atoms with Crippen LogP contribution in [-0.2, 0) is 6.42 Å². The number of likely N-dealkylation sites (tertiary alicyclic amines) is 1. The molecular formula is C18H20N2S.